The van der Waals surface area contributed by atoms with Crippen LogP contribution in [0.3, 0.4) is 0 Å². The lowest BCUT2D eigenvalue weighted by Crippen LogP contribution is -2.20. The van der Waals surface area contributed by atoms with Gasteiger partial charge in [0.15, 0.2) is 5.82 Å². The highest BCUT2D eigenvalue weighted by Crippen LogP contribution is 2.17. The van der Waals surface area contributed by atoms with Crippen LogP contribution >= 0.6 is 0 Å². The zero-order valence-corrected chi connectivity index (χ0v) is 12.6. The Hall–Kier alpha value is -3.23. The number of rotatable bonds is 4. The first-order valence-corrected chi connectivity index (χ1v) is 6.93. The summed E-state index contributed by atoms with van der Waals surface area (Å²) in [5.41, 5.74) is 2.35. The Bertz CT molecular complexity index is 880. The fourth-order valence-corrected chi connectivity index (χ4v) is 2.16. The van der Waals surface area contributed by atoms with Crippen LogP contribution in [0.5, 0.6) is 0 Å². The van der Waals surface area contributed by atoms with Crippen LogP contribution in [0.25, 0.3) is 11.0 Å². The first-order chi connectivity index (χ1) is 11.0. The van der Waals surface area contributed by atoms with E-state index in [9.17, 15) is 9.59 Å². The molecule has 118 valence electrons. The zero-order chi connectivity index (χ0) is 16.4. The second-order valence-electron chi connectivity index (χ2n) is 5.04. The fourth-order valence-electron chi connectivity index (χ4n) is 2.16. The highest BCUT2D eigenvalue weighted by molar-refractivity contribution is 5.93. The molecule has 0 saturated carbocycles. The fraction of sp³-hybridized carbons (Fsp3) is 0.214. The third-order valence-electron chi connectivity index (χ3n) is 3.01. The van der Waals surface area contributed by atoms with E-state index in [1.54, 1.807) is 6.07 Å². The molecule has 2 heterocycles. The van der Waals surface area contributed by atoms with Gasteiger partial charge in [0.05, 0.1) is 17.2 Å². The SMILES string of the molecule is CC(=O)Nc1cnn(CC(=O)Nc2ccc3nc(C)[nH]c3c2)n1. The number of aromatic nitrogens is 5. The van der Waals surface area contributed by atoms with Crippen LogP contribution < -0.4 is 10.6 Å². The number of amides is 2. The van der Waals surface area contributed by atoms with E-state index in [2.05, 4.69) is 30.8 Å². The number of imidazole rings is 1. The van der Waals surface area contributed by atoms with E-state index in [1.807, 2.05) is 19.1 Å². The lowest BCUT2D eigenvalue weighted by atomic mass is 10.3. The molecule has 0 bridgehead atoms. The summed E-state index contributed by atoms with van der Waals surface area (Å²) in [5, 5.41) is 13.2. The Morgan fingerprint density at radius 2 is 2.13 bits per heavy atom. The second-order valence-corrected chi connectivity index (χ2v) is 5.04. The van der Waals surface area contributed by atoms with Crippen LogP contribution in [0.15, 0.2) is 24.4 Å². The van der Waals surface area contributed by atoms with Crippen LogP contribution in [-0.4, -0.2) is 36.8 Å². The number of aromatic amines is 1. The van der Waals surface area contributed by atoms with Gasteiger partial charge in [-0.25, -0.2) is 4.98 Å². The number of hydrogen-bond donors (Lipinski definition) is 3. The second kappa shape index (κ2) is 5.87. The van der Waals surface area contributed by atoms with Gasteiger partial charge in [0, 0.05) is 12.6 Å². The van der Waals surface area contributed by atoms with Crippen molar-refractivity contribution in [3.63, 3.8) is 0 Å². The molecule has 0 saturated heterocycles. The number of H-pyrrole nitrogens is 1. The molecule has 0 atom stereocenters. The summed E-state index contributed by atoms with van der Waals surface area (Å²) >= 11 is 0. The molecule has 9 nitrogen and oxygen atoms in total. The third-order valence-corrected chi connectivity index (χ3v) is 3.01. The molecule has 3 rings (SSSR count). The van der Waals surface area contributed by atoms with Gasteiger partial charge in [-0.3, -0.25) is 9.59 Å². The molecule has 23 heavy (non-hydrogen) atoms. The molecular weight excluding hydrogens is 298 g/mol. The van der Waals surface area contributed by atoms with Crippen molar-refractivity contribution in [1.29, 1.82) is 0 Å². The molecule has 9 heteroatoms. The molecule has 3 N–H and O–H groups in total. The smallest absolute Gasteiger partial charge is 0.247 e. The first kappa shape index (κ1) is 14.7. The summed E-state index contributed by atoms with van der Waals surface area (Å²) in [6.07, 6.45) is 1.38. The van der Waals surface area contributed by atoms with Crippen LogP contribution in [0.2, 0.25) is 0 Å². The van der Waals surface area contributed by atoms with E-state index in [0.717, 1.165) is 16.9 Å². The van der Waals surface area contributed by atoms with Crippen molar-refractivity contribution < 1.29 is 9.59 Å². The maximum atomic E-state index is 12.0. The number of carbonyl (C=O) groups excluding carboxylic acids is 2. The number of aryl methyl sites for hydroxylation is 1. The van der Waals surface area contributed by atoms with E-state index in [0.29, 0.717) is 11.5 Å². The van der Waals surface area contributed by atoms with E-state index in [4.69, 9.17) is 0 Å². The average molecular weight is 313 g/mol. The summed E-state index contributed by atoms with van der Waals surface area (Å²) in [7, 11) is 0. The Morgan fingerprint density at radius 3 is 2.91 bits per heavy atom. The predicted octanol–water partition coefficient (Wildman–Crippen LogP) is 1.06. The molecule has 0 aliphatic rings. The quantitative estimate of drug-likeness (QED) is 0.665. The Morgan fingerprint density at radius 1 is 1.30 bits per heavy atom. The number of nitrogens with zero attached hydrogens (tertiary/aromatic N) is 4. The number of carbonyl (C=O) groups is 2. The van der Waals surface area contributed by atoms with Crippen LogP contribution in [0.1, 0.15) is 12.7 Å². The van der Waals surface area contributed by atoms with E-state index in [-0.39, 0.29) is 18.4 Å². The van der Waals surface area contributed by atoms with E-state index < -0.39 is 0 Å². The number of anilines is 2. The van der Waals surface area contributed by atoms with Gasteiger partial charge in [-0.1, -0.05) is 0 Å². The molecule has 2 aromatic heterocycles. The first-order valence-electron chi connectivity index (χ1n) is 6.93. The molecular formula is C14H15N7O2. The third kappa shape index (κ3) is 3.51. The Labute approximate surface area is 131 Å². The molecule has 0 fully saturated rings. The van der Waals surface area contributed by atoms with Crippen LogP contribution in [-0.2, 0) is 16.1 Å². The van der Waals surface area contributed by atoms with Crippen molar-refractivity contribution in [2.75, 3.05) is 10.6 Å². The lowest BCUT2D eigenvalue weighted by Gasteiger charge is -2.04. The summed E-state index contributed by atoms with van der Waals surface area (Å²) < 4.78 is 0. The average Bonchev–Trinajstić information content (AvgIpc) is 3.03. The minimum atomic E-state index is -0.273. The van der Waals surface area contributed by atoms with E-state index >= 15 is 0 Å². The van der Waals surface area contributed by atoms with Gasteiger partial charge in [-0.05, 0) is 25.1 Å². The van der Waals surface area contributed by atoms with Crippen molar-refractivity contribution in [2.45, 2.75) is 20.4 Å². The normalized spacial score (nSPS) is 10.7. The van der Waals surface area contributed by atoms with Crippen molar-refractivity contribution in [3.8, 4) is 0 Å². The Kier molecular flexibility index (Phi) is 3.75. The number of nitrogens with one attached hydrogen (secondary N) is 3. The minimum absolute atomic E-state index is 0.0559. The molecule has 0 aliphatic heterocycles. The molecule has 3 aromatic rings. The largest absolute Gasteiger partial charge is 0.342 e. The van der Waals surface area contributed by atoms with E-state index in [1.165, 1.54) is 17.9 Å². The summed E-state index contributed by atoms with van der Waals surface area (Å²) in [6, 6.07) is 5.42. The Balaban J connectivity index is 1.65. The number of fused-ring (bicyclic) bond motifs is 1. The predicted molar refractivity (Wildman–Crippen MR) is 83.8 cm³/mol. The van der Waals surface area contributed by atoms with Crippen LogP contribution in [0, 0.1) is 6.92 Å². The molecule has 0 spiro atoms. The topological polar surface area (TPSA) is 118 Å². The molecule has 0 radical (unpaired) electrons. The summed E-state index contributed by atoms with van der Waals surface area (Å²) in [6.45, 7) is 3.19. The standard InChI is InChI=1S/C14H15N7O2/c1-8-16-11-4-3-10(5-12(11)17-8)19-14(23)7-21-15-6-13(20-21)18-9(2)22/h3-6H,7H2,1-2H3,(H,16,17)(H,19,23)(H,18,20,22). The lowest BCUT2D eigenvalue weighted by molar-refractivity contribution is -0.117. The number of benzene rings is 1. The molecule has 0 aliphatic carbocycles. The zero-order valence-electron chi connectivity index (χ0n) is 12.6. The highest BCUT2D eigenvalue weighted by atomic mass is 16.2. The van der Waals surface area contributed by atoms with Gasteiger partial charge in [0.2, 0.25) is 11.8 Å². The van der Waals surface area contributed by atoms with Gasteiger partial charge in [0.1, 0.15) is 12.4 Å². The maximum Gasteiger partial charge on any atom is 0.247 e. The van der Waals surface area contributed by atoms with Gasteiger partial charge >= 0.3 is 0 Å². The molecule has 1 aromatic carbocycles. The van der Waals surface area contributed by atoms with Gasteiger partial charge in [0.25, 0.3) is 0 Å². The van der Waals surface area contributed by atoms with Crippen molar-refractivity contribution in [1.82, 2.24) is 25.0 Å². The highest BCUT2D eigenvalue weighted by Gasteiger charge is 2.08. The van der Waals surface area contributed by atoms with Gasteiger partial charge in [-0.2, -0.15) is 9.90 Å². The maximum absolute atomic E-state index is 12.0. The van der Waals surface area contributed by atoms with Crippen molar-refractivity contribution >= 4 is 34.4 Å². The monoisotopic (exact) mass is 313 g/mol. The summed E-state index contributed by atoms with van der Waals surface area (Å²) in [4.78, 5) is 31.6. The molecule has 0 unspecified atom stereocenters. The van der Waals surface area contributed by atoms with Crippen molar-refractivity contribution in [2.24, 2.45) is 0 Å². The summed E-state index contributed by atoms with van der Waals surface area (Å²) in [5.74, 6) is 0.601. The molecule has 2 amide bonds. The van der Waals surface area contributed by atoms with Gasteiger partial charge < -0.3 is 15.6 Å². The van der Waals surface area contributed by atoms with Gasteiger partial charge in [-0.15, -0.1) is 5.10 Å². The van der Waals surface area contributed by atoms with Crippen molar-refractivity contribution in [3.05, 3.63) is 30.2 Å². The van der Waals surface area contributed by atoms with Crippen LogP contribution in [0.4, 0.5) is 11.5 Å². The minimum Gasteiger partial charge on any atom is -0.342 e. The number of hydrogen-bond acceptors (Lipinski definition) is 5.